The Kier molecular flexibility index (Phi) is 10.4. The minimum absolute atomic E-state index is 0.216. The number of fused-ring (bicyclic) bond motifs is 2. The van der Waals surface area contributed by atoms with E-state index in [0.717, 1.165) is 73.2 Å². The van der Waals surface area contributed by atoms with Crippen molar-refractivity contribution in [2.24, 2.45) is 0 Å². The van der Waals surface area contributed by atoms with Crippen molar-refractivity contribution in [1.82, 2.24) is 34.6 Å². The van der Waals surface area contributed by atoms with E-state index in [9.17, 15) is 9.59 Å². The molecule has 0 bridgehead atoms. The molecule has 14 heteroatoms. The maximum Gasteiger partial charge on any atom is 0.357 e. The zero-order chi connectivity index (χ0) is 39.0. The molecule has 2 aliphatic heterocycles. The van der Waals surface area contributed by atoms with Crippen molar-refractivity contribution in [2.45, 2.75) is 96.2 Å². The van der Waals surface area contributed by atoms with Crippen LogP contribution in [0.4, 0.5) is 21.0 Å². The first-order valence-corrected chi connectivity index (χ1v) is 19.8. The van der Waals surface area contributed by atoms with Crippen molar-refractivity contribution in [3.05, 3.63) is 95.1 Å². The van der Waals surface area contributed by atoms with Gasteiger partial charge >= 0.3 is 12.5 Å². The van der Waals surface area contributed by atoms with Crippen LogP contribution in [0.1, 0.15) is 101 Å². The van der Waals surface area contributed by atoms with Gasteiger partial charge in [-0.05, 0) is 112 Å². The Morgan fingerprint density at radius 2 is 1.80 bits per heavy atom. The molecule has 5 heterocycles. The largest absolute Gasteiger partial charge is 0.484 e. The number of ether oxygens (including phenoxy) is 1. The number of hydrogen-bond acceptors (Lipinski definition) is 9. The molecule has 0 unspecified atom stereocenters. The normalized spacial score (nSPS) is 19.9. The number of amides is 2. The van der Waals surface area contributed by atoms with Gasteiger partial charge in [0.1, 0.15) is 17.7 Å². The Morgan fingerprint density at radius 1 is 0.982 bits per heavy atom. The highest BCUT2D eigenvalue weighted by Crippen LogP contribution is 2.40. The second kappa shape index (κ2) is 15.6. The van der Waals surface area contributed by atoms with Gasteiger partial charge in [-0.1, -0.05) is 45.0 Å². The third-order valence-corrected chi connectivity index (χ3v) is 11.3. The summed E-state index contributed by atoms with van der Waals surface area (Å²) >= 11 is 0. The number of benzene rings is 2. The lowest BCUT2D eigenvalue weighted by Crippen LogP contribution is -2.43. The van der Waals surface area contributed by atoms with Crippen LogP contribution in [-0.4, -0.2) is 74.0 Å². The molecular weight excluding hydrogens is 714 g/mol. The van der Waals surface area contributed by atoms with Gasteiger partial charge in [-0.2, -0.15) is 5.10 Å². The van der Waals surface area contributed by atoms with Gasteiger partial charge in [0.05, 0.1) is 23.6 Å². The fourth-order valence-electron chi connectivity index (χ4n) is 8.00. The summed E-state index contributed by atoms with van der Waals surface area (Å²) < 4.78 is 25.2. The maximum atomic E-state index is 15.0. The van der Waals surface area contributed by atoms with E-state index in [0.29, 0.717) is 48.0 Å². The van der Waals surface area contributed by atoms with Crippen molar-refractivity contribution in [3.63, 3.8) is 0 Å². The quantitative estimate of drug-likeness (QED) is 0.110. The van der Waals surface area contributed by atoms with Gasteiger partial charge in [0.15, 0.2) is 11.5 Å². The van der Waals surface area contributed by atoms with Crippen molar-refractivity contribution < 1.29 is 23.6 Å². The van der Waals surface area contributed by atoms with Crippen LogP contribution in [0.3, 0.4) is 0 Å². The van der Waals surface area contributed by atoms with Gasteiger partial charge in [0.2, 0.25) is 5.95 Å². The van der Waals surface area contributed by atoms with E-state index in [1.165, 1.54) is 12.5 Å². The topological polar surface area (TPSA) is 122 Å². The molecule has 0 radical (unpaired) electrons. The molecule has 3 atom stereocenters. The number of anilines is 2. The number of carbonyl (C=O) groups excluding carboxylic acids is 2. The number of carbonyl (C=O) groups is 2. The van der Waals surface area contributed by atoms with Crippen molar-refractivity contribution in [1.29, 1.82) is 0 Å². The lowest BCUT2D eigenvalue weighted by Gasteiger charge is -2.34. The molecule has 1 aliphatic carbocycles. The highest BCUT2D eigenvalue weighted by molar-refractivity contribution is 5.90. The zero-order valence-electron chi connectivity index (χ0n) is 32.5. The predicted octanol–water partition coefficient (Wildman–Crippen LogP) is 7.24. The van der Waals surface area contributed by atoms with Crippen LogP contribution < -0.4 is 20.0 Å². The molecule has 2 aromatic carbocycles. The molecule has 3 aliphatic rings. The lowest BCUT2D eigenvalue weighted by molar-refractivity contribution is -0.129. The molecule has 13 nitrogen and oxygen atoms in total. The van der Waals surface area contributed by atoms with E-state index < -0.39 is 17.5 Å². The summed E-state index contributed by atoms with van der Waals surface area (Å²) in [6.45, 7) is 12.2. The molecular formula is C42H50FN9O4. The van der Waals surface area contributed by atoms with Crippen LogP contribution in [0.25, 0.3) is 11.3 Å². The molecule has 56 heavy (non-hydrogen) atoms. The third-order valence-electron chi connectivity index (χ3n) is 11.3. The van der Waals surface area contributed by atoms with Gasteiger partial charge in [-0.25, -0.2) is 13.9 Å². The van der Waals surface area contributed by atoms with Crippen LogP contribution in [-0.2, 0) is 21.5 Å². The van der Waals surface area contributed by atoms with Crippen LogP contribution in [0.5, 0.6) is 5.75 Å². The smallest absolute Gasteiger partial charge is 0.357 e. The van der Waals surface area contributed by atoms with E-state index >= 15 is 4.39 Å². The van der Waals surface area contributed by atoms with E-state index in [-0.39, 0.29) is 24.2 Å². The van der Waals surface area contributed by atoms with Crippen LogP contribution >= 0.6 is 0 Å². The standard InChI is InChI=1S/C42H50FN9O4/c1-28-10-7-8-22-49(28)40-46-45-38-18-14-31(26-50(38)40)56-36-17-16-35(32-11-5-6-12-33(32)36)44-41(54)52(55-27-53)39-25-37(42(2,3)4)47-51(39)30-13-15-34(43)29(24-30)19-23-48-20-9-21-48/h5-6,11-15,18,24-28,35-36H,7-10,16-17,19-23H2,1-4H3,(H,44,54)/t28-,35-,36+/m0/s1. The molecule has 3 aromatic heterocycles. The minimum Gasteiger partial charge on any atom is -0.484 e. The number of rotatable bonds is 11. The first kappa shape index (κ1) is 37.4. The Labute approximate surface area is 326 Å². The van der Waals surface area contributed by atoms with Gasteiger partial charge in [-0.15, -0.1) is 15.3 Å². The average molecular weight is 764 g/mol. The van der Waals surface area contributed by atoms with E-state index in [2.05, 4.69) is 32.2 Å². The fourth-order valence-corrected chi connectivity index (χ4v) is 8.00. The monoisotopic (exact) mass is 763 g/mol. The van der Waals surface area contributed by atoms with Crippen LogP contribution in [0.15, 0.2) is 66.9 Å². The Balaban J connectivity index is 1.04. The molecule has 5 aromatic rings. The van der Waals surface area contributed by atoms with Crippen LogP contribution in [0.2, 0.25) is 0 Å². The van der Waals surface area contributed by atoms with Gasteiger partial charge < -0.3 is 24.7 Å². The second-order valence-electron chi connectivity index (χ2n) is 16.2. The Hall–Kier alpha value is -5.50. The number of piperidine rings is 1. The summed E-state index contributed by atoms with van der Waals surface area (Å²) in [7, 11) is 0. The summed E-state index contributed by atoms with van der Waals surface area (Å²) in [6, 6.07) is 17.6. The molecule has 1 N–H and O–H groups in total. The van der Waals surface area contributed by atoms with Gasteiger partial charge in [0, 0.05) is 30.6 Å². The Bertz CT molecular complexity index is 2210. The maximum absolute atomic E-state index is 15.0. The summed E-state index contributed by atoms with van der Waals surface area (Å²) in [4.78, 5) is 36.2. The SMILES string of the molecule is C[C@H]1CCCCN1c1nnc2ccc(O[C@@H]3CC[C@H](NC(=O)N(OC=O)c4cc(C(C)(C)C)nn4-c4ccc(F)c(CCN5CCC5)c4)c4ccccc43)cn12. The molecule has 2 saturated heterocycles. The number of nitrogens with one attached hydrogen (secondary N) is 1. The number of hydrogen-bond donors (Lipinski definition) is 1. The second-order valence-corrected chi connectivity index (χ2v) is 16.2. The van der Waals surface area contributed by atoms with Crippen LogP contribution in [0, 0.1) is 5.82 Å². The first-order valence-electron chi connectivity index (χ1n) is 19.8. The predicted molar refractivity (Wildman–Crippen MR) is 211 cm³/mol. The van der Waals surface area contributed by atoms with Gasteiger partial charge in [-0.3, -0.25) is 9.20 Å². The van der Waals surface area contributed by atoms with Crippen molar-refractivity contribution >= 4 is 29.9 Å². The van der Waals surface area contributed by atoms with Crippen molar-refractivity contribution in [3.8, 4) is 11.4 Å². The summed E-state index contributed by atoms with van der Waals surface area (Å²) in [5.41, 5.74) is 3.98. The summed E-state index contributed by atoms with van der Waals surface area (Å²) in [5, 5.41) is 17.8. The van der Waals surface area contributed by atoms with E-state index in [4.69, 9.17) is 14.7 Å². The van der Waals surface area contributed by atoms with Crippen molar-refractivity contribution in [2.75, 3.05) is 36.1 Å². The third kappa shape index (κ3) is 7.54. The highest BCUT2D eigenvalue weighted by Gasteiger charge is 2.34. The number of nitrogens with zero attached hydrogens (tertiary/aromatic N) is 8. The van der Waals surface area contributed by atoms with E-state index in [1.807, 2.05) is 67.8 Å². The number of aromatic nitrogens is 5. The molecule has 2 amide bonds. The molecule has 8 rings (SSSR count). The Morgan fingerprint density at radius 3 is 2.55 bits per heavy atom. The number of likely N-dealkylation sites (tertiary alicyclic amines) is 1. The number of urea groups is 1. The number of halogens is 1. The summed E-state index contributed by atoms with van der Waals surface area (Å²) in [5.74, 6) is 1.44. The number of hydroxylamine groups is 1. The minimum atomic E-state index is -0.643. The molecule has 294 valence electrons. The number of pyridine rings is 1. The average Bonchev–Trinajstić information content (AvgIpc) is 3.80. The zero-order valence-corrected chi connectivity index (χ0v) is 32.5. The first-order chi connectivity index (χ1) is 27.1. The fraction of sp³-hybridized carbons (Fsp3) is 0.452. The lowest BCUT2D eigenvalue weighted by atomic mass is 9.85. The molecule has 0 saturated carbocycles. The van der Waals surface area contributed by atoms with Gasteiger partial charge in [0.25, 0.3) is 0 Å². The molecule has 0 spiro atoms. The highest BCUT2D eigenvalue weighted by atomic mass is 19.1. The van der Waals surface area contributed by atoms with E-state index in [1.54, 1.807) is 22.9 Å². The summed E-state index contributed by atoms with van der Waals surface area (Å²) in [6.07, 6.45) is 8.04. The molecule has 2 fully saturated rings.